The predicted octanol–water partition coefficient (Wildman–Crippen LogP) is 2.91. The molecule has 1 saturated heterocycles. The Kier molecular flexibility index (Phi) is 4.42. The second-order valence-corrected chi connectivity index (χ2v) is 5.89. The molecule has 0 aliphatic carbocycles. The third-order valence-electron chi connectivity index (χ3n) is 3.65. The van der Waals surface area contributed by atoms with E-state index in [0.29, 0.717) is 29.4 Å². The fourth-order valence-electron chi connectivity index (χ4n) is 2.52. The summed E-state index contributed by atoms with van der Waals surface area (Å²) in [5.74, 6) is -1.82. The number of hydrogen-bond acceptors (Lipinski definition) is 2. The van der Waals surface area contributed by atoms with Gasteiger partial charge in [-0.25, -0.2) is 4.39 Å². The van der Waals surface area contributed by atoms with Crippen LogP contribution in [-0.4, -0.2) is 34.5 Å². The molecule has 0 radical (unpaired) electrons. The number of benzene rings is 1. The van der Waals surface area contributed by atoms with Gasteiger partial charge >= 0.3 is 5.97 Å². The van der Waals surface area contributed by atoms with Crippen molar-refractivity contribution < 1.29 is 19.1 Å². The van der Waals surface area contributed by atoms with Crippen LogP contribution in [-0.2, 0) is 4.79 Å². The summed E-state index contributed by atoms with van der Waals surface area (Å²) in [6.07, 6.45) is 0.893. The highest BCUT2D eigenvalue weighted by molar-refractivity contribution is 9.10. The summed E-state index contributed by atoms with van der Waals surface area (Å²) in [7, 11) is 0. The van der Waals surface area contributed by atoms with Crippen LogP contribution in [0.25, 0.3) is 0 Å². The molecule has 20 heavy (non-hydrogen) atoms. The van der Waals surface area contributed by atoms with Crippen molar-refractivity contribution in [3.05, 3.63) is 34.1 Å². The number of piperidine rings is 1. The van der Waals surface area contributed by atoms with E-state index in [4.69, 9.17) is 5.11 Å². The minimum atomic E-state index is -0.813. The number of nitrogens with zero attached hydrogens (tertiary/aromatic N) is 1. The van der Waals surface area contributed by atoms with Crippen molar-refractivity contribution in [3.63, 3.8) is 0 Å². The number of carbonyl (C=O) groups excluding carboxylic acids is 1. The van der Waals surface area contributed by atoms with Crippen LogP contribution in [0.4, 0.5) is 4.39 Å². The maximum Gasteiger partial charge on any atom is 0.306 e. The Morgan fingerprint density at radius 1 is 1.45 bits per heavy atom. The van der Waals surface area contributed by atoms with Crippen LogP contribution in [0.2, 0.25) is 0 Å². The molecule has 2 unspecified atom stereocenters. The van der Waals surface area contributed by atoms with Gasteiger partial charge in [0, 0.05) is 17.1 Å². The molecule has 1 aromatic rings. The van der Waals surface area contributed by atoms with Gasteiger partial charge in [-0.2, -0.15) is 0 Å². The highest BCUT2D eigenvalue weighted by Gasteiger charge is 2.33. The maximum atomic E-state index is 13.0. The summed E-state index contributed by atoms with van der Waals surface area (Å²) < 4.78 is 13.5. The summed E-state index contributed by atoms with van der Waals surface area (Å²) in [4.78, 5) is 25.1. The molecule has 1 aliphatic heterocycles. The smallest absolute Gasteiger partial charge is 0.306 e. The second kappa shape index (κ2) is 5.91. The molecule has 0 saturated carbocycles. The number of carboxylic acids is 1. The molecule has 0 aromatic heterocycles. The Morgan fingerprint density at radius 3 is 2.70 bits per heavy atom. The Bertz CT molecular complexity index is 549. The minimum absolute atomic E-state index is 0.144. The van der Waals surface area contributed by atoms with Crippen LogP contribution in [0.3, 0.4) is 0 Å². The monoisotopic (exact) mass is 343 g/mol. The maximum absolute atomic E-state index is 13.0. The van der Waals surface area contributed by atoms with Crippen LogP contribution in [0.15, 0.2) is 22.7 Å². The van der Waals surface area contributed by atoms with Crippen molar-refractivity contribution in [2.75, 3.05) is 6.54 Å². The Balaban J connectivity index is 2.16. The van der Waals surface area contributed by atoms with Crippen molar-refractivity contribution in [2.24, 2.45) is 5.92 Å². The highest BCUT2D eigenvalue weighted by Crippen LogP contribution is 2.27. The molecular formula is C14H15BrFNO3. The number of aliphatic carboxylic acids is 1. The van der Waals surface area contributed by atoms with Crippen molar-refractivity contribution >= 4 is 27.8 Å². The number of amides is 1. The third-order valence-corrected chi connectivity index (χ3v) is 4.30. The van der Waals surface area contributed by atoms with Crippen LogP contribution >= 0.6 is 15.9 Å². The number of carboxylic acid groups (broad SMARTS) is 1. The fourth-order valence-corrected chi connectivity index (χ4v) is 3.04. The summed E-state index contributed by atoms with van der Waals surface area (Å²) in [6.45, 7) is 2.24. The zero-order chi connectivity index (χ0) is 14.9. The quantitative estimate of drug-likeness (QED) is 0.898. The van der Waals surface area contributed by atoms with Gasteiger partial charge in [0.05, 0.1) is 11.5 Å². The van der Waals surface area contributed by atoms with Gasteiger partial charge in [-0.3, -0.25) is 9.59 Å². The van der Waals surface area contributed by atoms with E-state index in [1.165, 1.54) is 18.2 Å². The molecule has 1 N–H and O–H groups in total. The Hall–Kier alpha value is -1.43. The normalized spacial score (nSPS) is 22.6. The zero-order valence-electron chi connectivity index (χ0n) is 11.0. The van der Waals surface area contributed by atoms with Gasteiger partial charge in [0.25, 0.3) is 5.91 Å². The molecule has 1 aliphatic rings. The first-order valence-corrected chi connectivity index (χ1v) is 7.18. The number of likely N-dealkylation sites (tertiary alicyclic amines) is 1. The van der Waals surface area contributed by atoms with Gasteiger partial charge in [-0.1, -0.05) is 0 Å². The van der Waals surface area contributed by atoms with Crippen LogP contribution in [0, 0.1) is 11.7 Å². The topological polar surface area (TPSA) is 57.6 Å². The molecule has 4 nitrogen and oxygen atoms in total. The molecule has 0 spiro atoms. The van der Waals surface area contributed by atoms with Gasteiger partial charge in [0.1, 0.15) is 5.82 Å². The molecule has 0 bridgehead atoms. The molecular weight excluding hydrogens is 329 g/mol. The molecule has 108 valence electrons. The fraction of sp³-hybridized carbons (Fsp3) is 0.429. The van der Waals surface area contributed by atoms with Gasteiger partial charge in [-0.05, 0) is 53.9 Å². The van der Waals surface area contributed by atoms with E-state index in [-0.39, 0.29) is 11.9 Å². The Morgan fingerprint density at radius 2 is 2.15 bits per heavy atom. The summed E-state index contributed by atoms with van der Waals surface area (Å²) in [6, 6.07) is 3.79. The van der Waals surface area contributed by atoms with E-state index in [1.807, 2.05) is 6.92 Å². The predicted molar refractivity (Wildman–Crippen MR) is 75.0 cm³/mol. The minimum Gasteiger partial charge on any atom is -0.481 e. The summed E-state index contributed by atoms with van der Waals surface area (Å²) in [5.41, 5.74) is 0.395. The first-order chi connectivity index (χ1) is 9.40. The molecule has 2 rings (SSSR count). The standard InChI is InChI=1S/C14H15BrFNO3/c1-8-6-9(14(19)20)4-5-17(8)13(18)11-3-2-10(16)7-12(11)15/h2-3,7-9H,4-6H2,1H3,(H,19,20). The molecule has 1 aromatic carbocycles. The Labute approximate surface area is 124 Å². The third kappa shape index (κ3) is 3.00. The second-order valence-electron chi connectivity index (χ2n) is 5.03. The lowest BCUT2D eigenvalue weighted by Gasteiger charge is -2.36. The lowest BCUT2D eigenvalue weighted by molar-refractivity contribution is -0.143. The lowest BCUT2D eigenvalue weighted by atomic mass is 9.91. The van der Waals surface area contributed by atoms with Gasteiger partial charge in [0.15, 0.2) is 0 Å². The SMILES string of the molecule is CC1CC(C(=O)O)CCN1C(=O)c1ccc(F)cc1Br. The average molecular weight is 344 g/mol. The summed E-state index contributed by atoms with van der Waals surface area (Å²) in [5, 5.41) is 9.02. The first kappa shape index (κ1) is 15.0. The lowest BCUT2D eigenvalue weighted by Crippen LogP contribution is -2.46. The molecule has 1 heterocycles. The highest BCUT2D eigenvalue weighted by atomic mass is 79.9. The molecule has 6 heteroatoms. The van der Waals surface area contributed by atoms with E-state index >= 15 is 0 Å². The number of hydrogen-bond donors (Lipinski definition) is 1. The van der Waals surface area contributed by atoms with Gasteiger partial charge in [-0.15, -0.1) is 0 Å². The van der Waals surface area contributed by atoms with E-state index in [0.717, 1.165) is 0 Å². The van der Waals surface area contributed by atoms with Crippen molar-refractivity contribution in [2.45, 2.75) is 25.8 Å². The number of halogens is 2. The van der Waals surface area contributed by atoms with E-state index in [1.54, 1.807) is 4.90 Å². The first-order valence-electron chi connectivity index (χ1n) is 6.39. The van der Waals surface area contributed by atoms with E-state index in [9.17, 15) is 14.0 Å². The average Bonchev–Trinajstić information content (AvgIpc) is 2.37. The van der Waals surface area contributed by atoms with E-state index in [2.05, 4.69) is 15.9 Å². The van der Waals surface area contributed by atoms with Gasteiger partial charge in [0.2, 0.25) is 0 Å². The van der Waals surface area contributed by atoms with Crippen molar-refractivity contribution in [3.8, 4) is 0 Å². The van der Waals surface area contributed by atoms with Crippen LogP contribution < -0.4 is 0 Å². The van der Waals surface area contributed by atoms with Gasteiger partial charge < -0.3 is 10.0 Å². The largest absolute Gasteiger partial charge is 0.481 e. The summed E-state index contributed by atoms with van der Waals surface area (Å²) >= 11 is 3.19. The van der Waals surface area contributed by atoms with Crippen molar-refractivity contribution in [1.29, 1.82) is 0 Å². The number of carbonyl (C=O) groups is 2. The van der Waals surface area contributed by atoms with Crippen molar-refractivity contribution in [1.82, 2.24) is 4.90 Å². The number of rotatable bonds is 2. The molecule has 2 atom stereocenters. The van der Waals surface area contributed by atoms with Crippen LogP contribution in [0.5, 0.6) is 0 Å². The zero-order valence-corrected chi connectivity index (χ0v) is 12.6. The molecule has 1 fully saturated rings. The molecule has 1 amide bonds. The van der Waals surface area contributed by atoms with Crippen LogP contribution in [0.1, 0.15) is 30.1 Å². The van der Waals surface area contributed by atoms with E-state index < -0.39 is 17.7 Å².